The fourth-order valence-corrected chi connectivity index (χ4v) is 0.458. The topological polar surface area (TPSA) is 43.4 Å². The molecule has 70 valence electrons. The second-order valence-corrected chi connectivity index (χ2v) is 2.54. The molecule has 0 aromatic rings. The number of rotatable bonds is 5. The maximum absolute atomic E-state index is 10.8. The Morgan fingerprint density at radius 2 is 2.08 bits per heavy atom. The van der Waals surface area contributed by atoms with Gasteiger partial charge in [-0.05, 0) is 25.0 Å². The molecule has 0 amide bonds. The van der Waals surface area contributed by atoms with Crippen molar-refractivity contribution in [2.24, 2.45) is 0 Å². The Hall–Kier alpha value is -1.64. The third kappa shape index (κ3) is 5.61. The van der Waals surface area contributed by atoms with Crippen LogP contribution in [0.5, 0.6) is 0 Å². The van der Waals surface area contributed by atoms with Gasteiger partial charge in [0, 0.05) is 5.57 Å². The molecule has 0 aliphatic heterocycles. The molecule has 0 heterocycles. The van der Waals surface area contributed by atoms with Gasteiger partial charge in [-0.25, -0.2) is 4.79 Å². The van der Waals surface area contributed by atoms with Crippen LogP contribution in [0, 0.1) is 0 Å². The number of allylic oxidation sites excluding steroid dienone is 2. The average Bonchev–Trinajstić information content (AvgIpc) is 2.11. The molecule has 3 heteroatoms. The number of hydrogen-bond donors (Lipinski definition) is 0. The van der Waals surface area contributed by atoms with Crippen LogP contribution in [-0.2, 0) is 14.3 Å². The molecule has 3 nitrogen and oxygen atoms in total. The number of ether oxygens (including phenoxy) is 1. The minimum absolute atomic E-state index is 0.332. The van der Waals surface area contributed by atoms with Crippen molar-refractivity contribution in [3.8, 4) is 0 Å². The minimum Gasteiger partial charge on any atom is -0.431 e. The van der Waals surface area contributed by atoms with Crippen LogP contribution >= 0.6 is 0 Å². The summed E-state index contributed by atoms with van der Waals surface area (Å²) in [5, 5.41) is 0. The highest BCUT2D eigenvalue weighted by Gasteiger charge is 1.98. The fourth-order valence-electron chi connectivity index (χ4n) is 0.458. The molecule has 0 radical (unpaired) electrons. The number of aldehydes is 1. The van der Waals surface area contributed by atoms with E-state index in [1.165, 1.54) is 12.3 Å². The number of esters is 1. The van der Waals surface area contributed by atoms with E-state index in [1.807, 2.05) is 0 Å². The zero-order valence-electron chi connectivity index (χ0n) is 7.58. The number of hydrogen-bond acceptors (Lipinski definition) is 3. The normalized spacial score (nSPS) is 9.62. The van der Waals surface area contributed by atoms with E-state index < -0.39 is 5.97 Å². The van der Waals surface area contributed by atoms with Gasteiger partial charge in [0.25, 0.3) is 0 Å². The third-order valence-electron chi connectivity index (χ3n) is 1.17. The number of carbonyl (C=O) groups excluding carboxylic acids is 2. The summed E-state index contributed by atoms with van der Waals surface area (Å²) >= 11 is 0. The van der Waals surface area contributed by atoms with Crippen molar-refractivity contribution >= 4 is 12.3 Å². The summed E-state index contributed by atoms with van der Waals surface area (Å²) in [6, 6.07) is 0. The molecule has 0 aliphatic rings. The zero-order chi connectivity index (χ0) is 10.3. The van der Waals surface area contributed by atoms with Gasteiger partial charge in [-0.1, -0.05) is 13.2 Å². The van der Waals surface area contributed by atoms with Gasteiger partial charge in [0.05, 0.1) is 6.26 Å². The first-order chi connectivity index (χ1) is 6.07. The van der Waals surface area contributed by atoms with Gasteiger partial charge in [-0.3, -0.25) is 4.79 Å². The second kappa shape index (κ2) is 5.94. The lowest BCUT2D eigenvalue weighted by atomic mass is 10.2. The van der Waals surface area contributed by atoms with E-state index in [2.05, 4.69) is 17.9 Å². The largest absolute Gasteiger partial charge is 0.431 e. The standard InChI is InChI=1S/C10H12O3/c1-8(2)10(12)13-6-4-5-9(3)7-11/h4,6-7H,1,3,5H2,2H3. The van der Waals surface area contributed by atoms with Crippen LogP contribution in [-0.4, -0.2) is 12.3 Å². The van der Waals surface area contributed by atoms with Crippen molar-refractivity contribution in [2.45, 2.75) is 13.3 Å². The molecule has 0 N–H and O–H groups in total. The smallest absolute Gasteiger partial charge is 0.337 e. The van der Waals surface area contributed by atoms with E-state index in [0.29, 0.717) is 23.9 Å². The Kier molecular flexibility index (Phi) is 5.19. The maximum atomic E-state index is 10.8. The van der Waals surface area contributed by atoms with Crippen molar-refractivity contribution in [3.05, 3.63) is 36.6 Å². The summed E-state index contributed by atoms with van der Waals surface area (Å²) in [5.41, 5.74) is 0.765. The second-order valence-electron chi connectivity index (χ2n) is 2.54. The highest BCUT2D eigenvalue weighted by atomic mass is 16.5. The van der Waals surface area contributed by atoms with Crippen molar-refractivity contribution in [1.82, 2.24) is 0 Å². The average molecular weight is 180 g/mol. The molecule has 0 unspecified atom stereocenters. The van der Waals surface area contributed by atoms with Gasteiger partial charge in [0.2, 0.25) is 0 Å². The molecule has 13 heavy (non-hydrogen) atoms. The molecular formula is C10H12O3. The lowest BCUT2D eigenvalue weighted by Gasteiger charge is -1.95. The summed E-state index contributed by atoms with van der Waals surface area (Å²) in [7, 11) is 0. The molecule has 0 fully saturated rings. The molecule has 0 spiro atoms. The summed E-state index contributed by atoms with van der Waals surface area (Å²) in [5.74, 6) is -0.479. The van der Waals surface area contributed by atoms with Crippen molar-refractivity contribution in [1.29, 1.82) is 0 Å². The quantitative estimate of drug-likeness (QED) is 0.280. The van der Waals surface area contributed by atoms with Crippen molar-refractivity contribution in [2.75, 3.05) is 0 Å². The maximum Gasteiger partial charge on any atom is 0.337 e. The molecule has 0 saturated heterocycles. The Morgan fingerprint density at radius 1 is 1.46 bits per heavy atom. The van der Waals surface area contributed by atoms with Crippen LogP contribution < -0.4 is 0 Å². The molecule has 0 aromatic carbocycles. The van der Waals surface area contributed by atoms with Crippen LogP contribution in [0.4, 0.5) is 0 Å². The molecule has 0 aliphatic carbocycles. The zero-order valence-corrected chi connectivity index (χ0v) is 7.58. The van der Waals surface area contributed by atoms with Crippen LogP contribution in [0.15, 0.2) is 36.6 Å². The highest BCUT2D eigenvalue weighted by Crippen LogP contribution is 1.97. The van der Waals surface area contributed by atoms with Gasteiger partial charge >= 0.3 is 5.97 Å². The first-order valence-electron chi connectivity index (χ1n) is 3.72. The van der Waals surface area contributed by atoms with Crippen LogP contribution in [0.2, 0.25) is 0 Å². The Labute approximate surface area is 77.4 Å². The van der Waals surface area contributed by atoms with Crippen LogP contribution in [0.25, 0.3) is 0 Å². The van der Waals surface area contributed by atoms with Gasteiger partial charge in [-0.15, -0.1) is 0 Å². The van der Waals surface area contributed by atoms with E-state index in [9.17, 15) is 9.59 Å². The van der Waals surface area contributed by atoms with E-state index in [4.69, 9.17) is 0 Å². The molecule has 0 aromatic heterocycles. The summed E-state index contributed by atoms with van der Waals surface area (Å²) in [4.78, 5) is 20.9. The summed E-state index contributed by atoms with van der Waals surface area (Å²) < 4.78 is 4.62. The molecule has 0 bridgehead atoms. The first kappa shape index (κ1) is 11.4. The molecule has 0 rings (SSSR count). The van der Waals surface area contributed by atoms with Gasteiger partial charge in [0.15, 0.2) is 0 Å². The highest BCUT2D eigenvalue weighted by molar-refractivity contribution is 5.87. The predicted octanol–water partition coefficient (Wildman–Crippen LogP) is 1.76. The lowest BCUT2D eigenvalue weighted by Crippen LogP contribution is -1.98. The predicted molar refractivity (Wildman–Crippen MR) is 49.9 cm³/mol. The van der Waals surface area contributed by atoms with Gasteiger partial charge in [0.1, 0.15) is 6.29 Å². The molecule has 0 saturated carbocycles. The van der Waals surface area contributed by atoms with Crippen LogP contribution in [0.3, 0.4) is 0 Å². The molecular weight excluding hydrogens is 168 g/mol. The lowest BCUT2D eigenvalue weighted by molar-refractivity contribution is -0.133. The van der Waals surface area contributed by atoms with Crippen LogP contribution in [0.1, 0.15) is 13.3 Å². The minimum atomic E-state index is -0.479. The van der Waals surface area contributed by atoms with E-state index in [-0.39, 0.29) is 0 Å². The van der Waals surface area contributed by atoms with Crippen molar-refractivity contribution in [3.63, 3.8) is 0 Å². The van der Waals surface area contributed by atoms with Gasteiger partial charge < -0.3 is 4.74 Å². The first-order valence-corrected chi connectivity index (χ1v) is 3.72. The Bertz CT molecular complexity index is 261. The summed E-state index contributed by atoms with van der Waals surface area (Å²) in [6.07, 6.45) is 3.81. The third-order valence-corrected chi connectivity index (χ3v) is 1.17. The van der Waals surface area contributed by atoms with E-state index in [0.717, 1.165) is 0 Å². The van der Waals surface area contributed by atoms with E-state index in [1.54, 1.807) is 6.92 Å². The summed E-state index contributed by atoms with van der Waals surface area (Å²) in [6.45, 7) is 8.41. The Balaban J connectivity index is 3.76. The monoisotopic (exact) mass is 180 g/mol. The van der Waals surface area contributed by atoms with Gasteiger partial charge in [-0.2, -0.15) is 0 Å². The number of carbonyl (C=O) groups is 2. The van der Waals surface area contributed by atoms with E-state index >= 15 is 0 Å². The Morgan fingerprint density at radius 3 is 2.54 bits per heavy atom. The molecule has 0 atom stereocenters. The fraction of sp³-hybridized carbons (Fsp3) is 0.200. The van der Waals surface area contributed by atoms with Crippen molar-refractivity contribution < 1.29 is 14.3 Å². The SMILES string of the molecule is C=C(C=O)CC=COC(=O)C(=C)C.